The third-order valence-electron chi connectivity index (χ3n) is 1.99. The van der Waals surface area contributed by atoms with Crippen molar-refractivity contribution in [2.45, 2.75) is 0 Å². The van der Waals surface area contributed by atoms with E-state index >= 15 is 0 Å². The lowest BCUT2D eigenvalue weighted by Crippen LogP contribution is -2.18. The number of carbonyl (C=O) groups excluding carboxylic acids is 1. The number of hydrogen-bond acceptors (Lipinski definition) is 3. The zero-order valence-corrected chi connectivity index (χ0v) is 13.1. The molecular weight excluding hydrogens is 442 g/mol. The second kappa shape index (κ2) is 5.37. The standard InChI is InChI=1S/C9H4Br3NO5/c10-4-1(7(13)14)5(11)3(9(17)18)6(12)2(4)8(15)16/h(H2,13,14)(H,15,16)(H,17,18). The molecule has 0 unspecified atom stereocenters. The molecule has 1 aromatic rings. The van der Waals surface area contributed by atoms with Gasteiger partial charge in [-0.15, -0.1) is 0 Å². The summed E-state index contributed by atoms with van der Waals surface area (Å²) in [7, 11) is 0. The van der Waals surface area contributed by atoms with Gasteiger partial charge in [-0.1, -0.05) is 0 Å². The Labute approximate surface area is 126 Å². The van der Waals surface area contributed by atoms with Gasteiger partial charge in [0.15, 0.2) is 0 Å². The Hall–Kier alpha value is -0.930. The highest BCUT2D eigenvalue weighted by atomic mass is 79.9. The van der Waals surface area contributed by atoms with Crippen LogP contribution in [-0.4, -0.2) is 28.1 Å². The van der Waals surface area contributed by atoms with Crippen molar-refractivity contribution in [2.24, 2.45) is 5.73 Å². The molecule has 0 radical (unpaired) electrons. The quantitative estimate of drug-likeness (QED) is 0.660. The Morgan fingerprint density at radius 3 is 1.28 bits per heavy atom. The summed E-state index contributed by atoms with van der Waals surface area (Å²) in [5.41, 5.74) is 4.09. The molecule has 4 N–H and O–H groups in total. The van der Waals surface area contributed by atoms with Crippen LogP contribution >= 0.6 is 47.8 Å². The first-order valence-corrected chi connectivity index (χ1v) is 6.54. The summed E-state index contributed by atoms with van der Waals surface area (Å²) in [5.74, 6) is -3.75. The van der Waals surface area contributed by atoms with Crippen LogP contribution in [0.15, 0.2) is 13.4 Å². The second-order valence-electron chi connectivity index (χ2n) is 3.04. The van der Waals surface area contributed by atoms with Crippen molar-refractivity contribution >= 4 is 65.6 Å². The molecule has 1 aromatic carbocycles. The number of carboxylic acids is 2. The van der Waals surface area contributed by atoms with E-state index in [-0.39, 0.29) is 30.1 Å². The van der Waals surface area contributed by atoms with Crippen LogP contribution in [0.2, 0.25) is 0 Å². The number of nitrogens with two attached hydrogens (primary N) is 1. The van der Waals surface area contributed by atoms with Crippen LogP contribution in [0.25, 0.3) is 0 Å². The normalized spacial score (nSPS) is 10.2. The first-order valence-electron chi connectivity index (χ1n) is 4.17. The number of benzene rings is 1. The van der Waals surface area contributed by atoms with Gasteiger partial charge in [-0.25, -0.2) is 9.59 Å². The average molecular weight is 446 g/mol. The van der Waals surface area contributed by atoms with Gasteiger partial charge in [0.25, 0.3) is 5.91 Å². The number of primary amides is 1. The molecular formula is C9H4Br3NO5. The number of carboxylic acid groups (broad SMARTS) is 2. The zero-order valence-electron chi connectivity index (χ0n) is 8.33. The summed E-state index contributed by atoms with van der Waals surface area (Å²) in [6.45, 7) is 0. The van der Waals surface area contributed by atoms with Crippen LogP contribution < -0.4 is 5.73 Å². The number of amides is 1. The van der Waals surface area contributed by atoms with Crippen molar-refractivity contribution in [1.29, 1.82) is 0 Å². The van der Waals surface area contributed by atoms with Gasteiger partial charge in [0.1, 0.15) is 0 Å². The van der Waals surface area contributed by atoms with E-state index in [2.05, 4.69) is 47.8 Å². The first kappa shape index (κ1) is 15.1. The number of aromatic carboxylic acids is 2. The van der Waals surface area contributed by atoms with E-state index in [9.17, 15) is 14.4 Å². The summed E-state index contributed by atoms with van der Waals surface area (Å²) >= 11 is 8.76. The fourth-order valence-electron chi connectivity index (χ4n) is 1.26. The van der Waals surface area contributed by atoms with Crippen molar-refractivity contribution < 1.29 is 24.6 Å². The molecule has 0 atom stereocenters. The predicted molar refractivity (Wildman–Crippen MR) is 72.0 cm³/mol. The molecule has 1 amide bonds. The molecule has 1 rings (SSSR count). The average Bonchev–Trinajstić information content (AvgIpc) is 2.14. The van der Waals surface area contributed by atoms with Crippen LogP contribution in [0.3, 0.4) is 0 Å². The van der Waals surface area contributed by atoms with E-state index in [0.717, 1.165) is 0 Å². The number of rotatable bonds is 3. The van der Waals surface area contributed by atoms with Gasteiger partial charge in [0.2, 0.25) is 0 Å². The van der Waals surface area contributed by atoms with E-state index < -0.39 is 17.8 Å². The highest BCUT2D eigenvalue weighted by molar-refractivity contribution is 9.11. The lowest BCUT2D eigenvalue weighted by Gasteiger charge is -2.13. The molecule has 0 aromatic heterocycles. The number of halogens is 3. The molecule has 18 heavy (non-hydrogen) atoms. The predicted octanol–water partition coefficient (Wildman–Crippen LogP) is 2.47. The highest BCUT2D eigenvalue weighted by Gasteiger charge is 2.29. The van der Waals surface area contributed by atoms with Gasteiger partial charge >= 0.3 is 11.9 Å². The maximum Gasteiger partial charge on any atom is 0.338 e. The SMILES string of the molecule is NC(=O)c1c(Br)c(C(=O)O)c(Br)c(C(=O)O)c1Br. The summed E-state index contributed by atoms with van der Waals surface area (Å²) in [6, 6.07) is 0. The molecule has 0 saturated carbocycles. The Morgan fingerprint density at radius 2 is 1.06 bits per heavy atom. The van der Waals surface area contributed by atoms with Crippen LogP contribution in [0.5, 0.6) is 0 Å². The zero-order chi connectivity index (χ0) is 14.2. The van der Waals surface area contributed by atoms with E-state index in [1.807, 2.05) is 0 Å². The molecule has 0 aliphatic heterocycles. The minimum Gasteiger partial charge on any atom is -0.478 e. The highest BCUT2D eigenvalue weighted by Crippen LogP contribution is 2.38. The molecule has 96 valence electrons. The Morgan fingerprint density at radius 1 is 0.778 bits per heavy atom. The molecule has 0 aliphatic rings. The Bertz CT molecular complexity index is 482. The minimum absolute atomic E-state index is 0.0914. The van der Waals surface area contributed by atoms with E-state index in [1.54, 1.807) is 0 Å². The molecule has 0 fully saturated rings. The fourth-order valence-corrected chi connectivity index (χ4v) is 4.31. The van der Waals surface area contributed by atoms with Crippen molar-refractivity contribution in [3.05, 3.63) is 30.1 Å². The molecule has 0 bridgehead atoms. The van der Waals surface area contributed by atoms with Gasteiger partial charge in [-0.2, -0.15) is 0 Å². The molecule has 0 heterocycles. The van der Waals surface area contributed by atoms with Crippen LogP contribution in [0.1, 0.15) is 31.1 Å². The summed E-state index contributed by atoms with van der Waals surface area (Å²) in [4.78, 5) is 33.4. The summed E-state index contributed by atoms with van der Waals surface area (Å²) in [6.07, 6.45) is 0. The van der Waals surface area contributed by atoms with Crippen molar-refractivity contribution in [1.82, 2.24) is 0 Å². The molecule has 0 spiro atoms. The van der Waals surface area contributed by atoms with Crippen molar-refractivity contribution in [2.75, 3.05) is 0 Å². The second-order valence-corrected chi connectivity index (χ2v) is 5.42. The van der Waals surface area contributed by atoms with Crippen molar-refractivity contribution in [3.8, 4) is 0 Å². The Balaban J connectivity index is 3.94. The molecule has 6 nitrogen and oxygen atoms in total. The smallest absolute Gasteiger partial charge is 0.338 e. The Kier molecular flexibility index (Phi) is 4.51. The van der Waals surface area contributed by atoms with Gasteiger partial charge in [-0.3, -0.25) is 4.79 Å². The largest absolute Gasteiger partial charge is 0.478 e. The monoisotopic (exact) mass is 443 g/mol. The number of carbonyl (C=O) groups is 3. The summed E-state index contributed by atoms with van der Waals surface area (Å²) in [5, 5.41) is 18.1. The van der Waals surface area contributed by atoms with Crippen LogP contribution in [0, 0.1) is 0 Å². The third-order valence-corrected chi connectivity index (χ3v) is 4.37. The first-order chi connectivity index (χ1) is 8.20. The van der Waals surface area contributed by atoms with Gasteiger partial charge < -0.3 is 15.9 Å². The lowest BCUT2D eigenvalue weighted by atomic mass is 10.0. The van der Waals surface area contributed by atoms with Gasteiger partial charge in [0.05, 0.1) is 16.7 Å². The fraction of sp³-hybridized carbons (Fsp3) is 0. The van der Waals surface area contributed by atoms with E-state index in [1.165, 1.54) is 0 Å². The number of hydrogen-bond donors (Lipinski definition) is 3. The van der Waals surface area contributed by atoms with Crippen molar-refractivity contribution in [3.63, 3.8) is 0 Å². The van der Waals surface area contributed by atoms with Gasteiger partial charge in [0, 0.05) is 13.4 Å². The molecule has 9 heteroatoms. The van der Waals surface area contributed by atoms with Crippen LogP contribution in [-0.2, 0) is 0 Å². The third kappa shape index (κ3) is 2.43. The van der Waals surface area contributed by atoms with E-state index in [0.29, 0.717) is 0 Å². The van der Waals surface area contributed by atoms with E-state index in [4.69, 9.17) is 15.9 Å². The van der Waals surface area contributed by atoms with Gasteiger partial charge in [-0.05, 0) is 47.8 Å². The summed E-state index contributed by atoms with van der Waals surface area (Å²) < 4.78 is -0.344. The van der Waals surface area contributed by atoms with Crippen LogP contribution in [0.4, 0.5) is 0 Å². The maximum atomic E-state index is 11.3. The maximum absolute atomic E-state index is 11.3. The topological polar surface area (TPSA) is 118 Å². The minimum atomic E-state index is -1.40. The molecule has 0 aliphatic carbocycles. The molecule has 0 saturated heterocycles. The lowest BCUT2D eigenvalue weighted by molar-refractivity contribution is 0.0694.